The molecule has 0 saturated heterocycles. The molecule has 21 heavy (non-hydrogen) atoms. The second-order valence-electron chi connectivity index (χ2n) is 5.03. The molecule has 0 aliphatic rings. The summed E-state index contributed by atoms with van der Waals surface area (Å²) in [6, 6.07) is 15.5. The van der Waals surface area contributed by atoms with Gasteiger partial charge in [0.25, 0.3) is 0 Å². The summed E-state index contributed by atoms with van der Waals surface area (Å²) in [5.74, 6) is 0. The van der Waals surface area contributed by atoms with Crippen molar-refractivity contribution < 1.29 is 4.79 Å². The molecule has 2 aromatic rings. The van der Waals surface area contributed by atoms with Gasteiger partial charge in [0.2, 0.25) is 0 Å². The zero-order valence-electron chi connectivity index (χ0n) is 12.3. The number of nitrogens with one attached hydrogen (secondary N) is 1. The summed E-state index contributed by atoms with van der Waals surface area (Å²) in [5.41, 5.74) is 3.24. The molecule has 0 aliphatic carbocycles. The number of aryl methyl sites for hydroxylation is 1. The summed E-state index contributed by atoms with van der Waals surface area (Å²) >= 11 is 6.07. The Morgan fingerprint density at radius 1 is 1.10 bits per heavy atom. The fourth-order valence-corrected chi connectivity index (χ4v) is 2.26. The zero-order chi connectivity index (χ0) is 15.2. The molecular weight excluding hydrogens is 284 g/mol. The van der Waals surface area contributed by atoms with Crippen LogP contribution in [-0.2, 0) is 13.1 Å². The van der Waals surface area contributed by atoms with Crippen LogP contribution in [0.2, 0.25) is 5.02 Å². The third-order valence-electron chi connectivity index (χ3n) is 3.40. The van der Waals surface area contributed by atoms with Crippen molar-refractivity contribution in [3.05, 3.63) is 70.2 Å². The molecule has 0 bridgehead atoms. The lowest BCUT2D eigenvalue weighted by Gasteiger charge is -2.19. The van der Waals surface area contributed by atoms with Gasteiger partial charge < -0.3 is 10.2 Å². The van der Waals surface area contributed by atoms with E-state index in [9.17, 15) is 4.79 Å². The van der Waals surface area contributed by atoms with Crippen LogP contribution in [0.3, 0.4) is 0 Å². The number of halogens is 1. The van der Waals surface area contributed by atoms with Gasteiger partial charge in [0.1, 0.15) is 0 Å². The number of amides is 2. The molecule has 110 valence electrons. The predicted octanol–water partition coefficient (Wildman–Crippen LogP) is 3.99. The molecule has 3 nitrogen and oxygen atoms in total. The van der Waals surface area contributed by atoms with Crippen molar-refractivity contribution in [2.75, 3.05) is 7.05 Å². The van der Waals surface area contributed by atoms with E-state index >= 15 is 0 Å². The van der Waals surface area contributed by atoms with E-state index in [1.54, 1.807) is 11.9 Å². The first-order valence-electron chi connectivity index (χ1n) is 6.85. The normalized spacial score (nSPS) is 10.2. The van der Waals surface area contributed by atoms with Crippen molar-refractivity contribution in [2.24, 2.45) is 0 Å². The molecule has 0 unspecified atom stereocenters. The molecule has 0 saturated carbocycles. The number of urea groups is 1. The molecule has 1 N–H and O–H groups in total. The van der Waals surface area contributed by atoms with Gasteiger partial charge in [-0.15, -0.1) is 0 Å². The highest BCUT2D eigenvalue weighted by atomic mass is 35.5. The minimum absolute atomic E-state index is 0.113. The Morgan fingerprint density at radius 2 is 1.71 bits per heavy atom. The quantitative estimate of drug-likeness (QED) is 0.910. The highest BCUT2D eigenvalue weighted by Crippen LogP contribution is 2.14. The lowest BCUT2D eigenvalue weighted by Crippen LogP contribution is -2.36. The molecule has 2 aromatic carbocycles. The Kier molecular flexibility index (Phi) is 5.23. The van der Waals surface area contributed by atoms with Crippen LogP contribution in [0.25, 0.3) is 0 Å². The number of hydrogen-bond donors (Lipinski definition) is 1. The maximum Gasteiger partial charge on any atom is 0.317 e. The number of carbonyl (C=O) groups is 1. The SMILES string of the molecule is Cc1ccccc1CN(C)C(=O)NCc1ccccc1Cl. The lowest BCUT2D eigenvalue weighted by molar-refractivity contribution is 0.206. The van der Waals surface area contributed by atoms with Gasteiger partial charge in [-0.3, -0.25) is 0 Å². The van der Waals surface area contributed by atoms with Crippen LogP contribution in [0.15, 0.2) is 48.5 Å². The van der Waals surface area contributed by atoms with Gasteiger partial charge in [-0.2, -0.15) is 0 Å². The van der Waals surface area contributed by atoms with Crippen LogP contribution >= 0.6 is 11.6 Å². The largest absolute Gasteiger partial charge is 0.334 e. The number of hydrogen-bond acceptors (Lipinski definition) is 1. The molecule has 0 aromatic heterocycles. The number of benzene rings is 2. The fourth-order valence-electron chi connectivity index (χ4n) is 2.06. The topological polar surface area (TPSA) is 32.3 Å². The maximum absolute atomic E-state index is 12.1. The highest BCUT2D eigenvalue weighted by molar-refractivity contribution is 6.31. The third-order valence-corrected chi connectivity index (χ3v) is 3.77. The Balaban J connectivity index is 1.91. The summed E-state index contributed by atoms with van der Waals surface area (Å²) in [7, 11) is 1.79. The van der Waals surface area contributed by atoms with Gasteiger partial charge in [-0.05, 0) is 29.7 Å². The van der Waals surface area contributed by atoms with Gasteiger partial charge >= 0.3 is 6.03 Å². The first kappa shape index (κ1) is 15.4. The number of nitrogens with zero attached hydrogens (tertiary/aromatic N) is 1. The monoisotopic (exact) mass is 302 g/mol. The fraction of sp³-hybridized carbons (Fsp3) is 0.235. The van der Waals surface area contributed by atoms with Crippen LogP contribution in [0, 0.1) is 6.92 Å². The van der Waals surface area contributed by atoms with Gasteiger partial charge in [0, 0.05) is 25.2 Å². The number of carbonyl (C=O) groups excluding carboxylic acids is 1. The van der Waals surface area contributed by atoms with E-state index in [0.717, 1.165) is 11.1 Å². The van der Waals surface area contributed by atoms with Crippen LogP contribution < -0.4 is 5.32 Å². The lowest BCUT2D eigenvalue weighted by atomic mass is 10.1. The Hall–Kier alpha value is -2.00. The van der Waals surface area contributed by atoms with Crippen molar-refractivity contribution in [1.29, 1.82) is 0 Å². The summed E-state index contributed by atoms with van der Waals surface area (Å²) < 4.78 is 0. The standard InChI is InChI=1S/C17H19ClN2O/c1-13-7-3-4-9-15(13)12-20(2)17(21)19-11-14-8-5-6-10-16(14)18/h3-10H,11-12H2,1-2H3,(H,19,21). The molecule has 0 atom stereocenters. The summed E-state index contributed by atoms with van der Waals surface area (Å²) in [6.07, 6.45) is 0. The second kappa shape index (κ2) is 7.14. The van der Waals surface area contributed by atoms with E-state index in [0.29, 0.717) is 18.1 Å². The first-order chi connectivity index (χ1) is 10.1. The molecule has 2 rings (SSSR count). The van der Waals surface area contributed by atoms with Crippen molar-refractivity contribution in [3.8, 4) is 0 Å². The van der Waals surface area contributed by atoms with E-state index in [-0.39, 0.29) is 6.03 Å². The summed E-state index contributed by atoms with van der Waals surface area (Å²) in [6.45, 7) is 3.06. The maximum atomic E-state index is 12.1. The summed E-state index contributed by atoms with van der Waals surface area (Å²) in [4.78, 5) is 13.8. The molecule has 0 radical (unpaired) electrons. The molecule has 2 amide bonds. The predicted molar refractivity (Wildman–Crippen MR) is 86.3 cm³/mol. The van der Waals surface area contributed by atoms with E-state index < -0.39 is 0 Å². The Labute approximate surface area is 130 Å². The van der Waals surface area contributed by atoms with E-state index in [4.69, 9.17) is 11.6 Å². The molecule has 0 spiro atoms. The molecule has 0 fully saturated rings. The van der Waals surface area contributed by atoms with Crippen LogP contribution in [0.5, 0.6) is 0 Å². The third kappa shape index (κ3) is 4.23. The van der Waals surface area contributed by atoms with Gasteiger partial charge in [0.15, 0.2) is 0 Å². The Morgan fingerprint density at radius 3 is 2.38 bits per heavy atom. The number of rotatable bonds is 4. The van der Waals surface area contributed by atoms with E-state index in [2.05, 4.69) is 5.32 Å². The molecule has 4 heteroatoms. The average Bonchev–Trinajstić information content (AvgIpc) is 2.48. The van der Waals surface area contributed by atoms with Crippen LogP contribution in [0.4, 0.5) is 4.79 Å². The smallest absolute Gasteiger partial charge is 0.317 e. The molecular formula is C17H19ClN2O. The zero-order valence-corrected chi connectivity index (χ0v) is 13.0. The van der Waals surface area contributed by atoms with Crippen LogP contribution in [-0.4, -0.2) is 18.0 Å². The second-order valence-corrected chi connectivity index (χ2v) is 5.44. The average molecular weight is 303 g/mol. The van der Waals surface area contributed by atoms with Crippen molar-refractivity contribution in [3.63, 3.8) is 0 Å². The molecule has 0 heterocycles. The van der Waals surface area contributed by atoms with Crippen molar-refractivity contribution in [1.82, 2.24) is 10.2 Å². The van der Waals surface area contributed by atoms with E-state index in [1.807, 2.05) is 55.5 Å². The molecule has 0 aliphatic heterocycles. The first-order valence-corrected chi connectivity index (χ1v) is 7.22. The van der Waals surface area contributed by atoms with Crippen molar-refractivity contribution >= 4 is 17.6 Å². The minimum atomic E-state index is -0.113. The van der Waals surface area contributed by atoms with Crippen molar-refractivity contribution in [2.45, 2.75) is 20.0 Å². The highest BCUT2D eigenvalue weighted by Gasteiger charge is 2.10. The van der Waals surface area contributed by atoms with Gasteiger partial charge in [-0.1, -0.05) is 54.1 Å². The van der Waals surface area contributed by atoms with E-state index in [1.165, 1.54) is 5.56 Å². The van der Waals surface area contributed by atoms with Gasteiger partial charge in [0.05, 0.1) is 0 Å². The van der Waals surface area contributed by atoms with Gasteiger partial charge in [-0.25, -0.2) is 4.79 Å². The Bertz CT molecular complexity index is 628. The summed E-state index contributed by atoms with van der Waals surface area (Å²) in [5, 5.41) is 3.55. The minimum Gasteiger partial charge on any atom is -0.334 e. The van der Waals surface area contributed by atoms with Crippen LogP contribution in [0.1, 0.15) is 16.7 Å².